The van der Waals surface area contributed by atoms with Gasteiger partial charge in [0.15, 0.2) is 0 Å². The van der Waals surface area contributed by atoms with Crippen LogP contribution < -0.4 is 5.56 Å². The zero-order valence-corrected chi connectivity index (χ0v) is 13.2. The number of aromatic amines is 1. The average Bonchev–Trinajstić information content (AvgIpc) is 2.53. The summed E-state index contributed by atoms with van der Waals surface area (Å²) in [5, 5.41) is 9.24. The molecule has 7 heteroatoms. The fourth-order valence-electron chi connectivity index (χ4n) is 3.33. The number of hydrogen-bond acceptors (Lipinski definition) is 4. The number of pyridine rings is 1. The van der Waals surface area contributed by atoms with Crippen LogP contribution in [0, 0.1) is 0 Å². The molecule has 1 amide bonds. The van der Waals surface area contributed by atoms with Gasteiger partial charge in [0.2, 0.25) is 0 Å². The summed E-state index contributed by atoms with van der Waals surface area (Å²) in [6.07, 6.45) is 3.82. The zero-order valence-electron chi connectivity index (χ0n) is 13.2. The molecule has 2 heterocycles. The van der Waals surface area contributed by atoms with Crippen molar-refractivity contribution in [1.82, 2.24) is 14.8 Å². The van der Waals surface area contributed by atoms with Crippen molar-refractivity contribution in [3.63, 3.8) is 0 Å². The van der Waals surface area contributed by atoms with E-state index in [1.54, 1.807) is 18.0 Å². The van der Waals surface area contributed by atoms with E-state index in [9.17, 15) is 19.5 Å². The van der Waals surface area contributed by atoms with Gasteiger partial charge in [-0.05, 0) is 44.4 Å². The highest BCUT2D eigenvalue weighted by Crippen LogP contribution is 2.19. The number of hydrogen-bond donors (Lipinski definition) is 2. The number of aliphatic carboxylic acids is 1. The third kappa shape index (κ3) is 3.01. The van der Waals surface area contributed by atoms with Crippen molar-refractivity contribution in [2.75, 3.05) is 26.7 Å². The van der Waals surface area contributed by atoms with Crippen LogP contribution in [0.5, 0.6) is 0 Å². The number of carboxylic acid groups (broad SMARTS) is 1. The van der Waals surface area contributed by atoms with Crippen LogP contribution in [0.4, 0.5) is 0 Å². The number of piperazine rings is 1. The highest BCUT2D eigenvalue weighted by Gasteiger charge is 2.33. The molecule has 1 aromatic heterocycles. The molecule has 1 saturated heterocycles. The lowest BCUT2D eigenvalue weighted by atomic mass is 9.95. The molecule has 2 aliphatic rings. The molecule has 23 heavy (non-hydrogen) atoms. The first-order valence-electron chi connectivity index (χ1n) is 7.95. The lowest BCUT2D eigenvalue weighted by molar-refractivity contribution is -0.144. The van der Waals surface area contributed by atoms with Gasteiger partial charge < -0.3 is 15.0 Å². The summed E-state index contributed by atoms with van der Waals surface area (Å²) in [4.78, 5) is 42.2. The predicted octanol–water partition coefficient (Wildman–Crippen LogP) is 0.0945. The van der Waals surface area contributed by atoms with Gasteiger partial charge in [-0.1, -0.05) is 0 Å². The summed E-state index contributed by atoms with van der Waals surface area (Å²) >= 11 is 0. The minimum atomic E-state index is -0.954. The second kappa shape index (κ2) is 6.16. The Morgan fingerprint density at radius 1 is 1.26 bits per heavy atom. The van der Waals surface area contributed by atoms with Crippen LogP contribution in [-0.4, -0.2) is 64.5 Å². The first kappa shape index (κ1) is 15.7. The number of aryl methyl sites for hydroxylation is 2. The van der Waals surface area contributed by atoms with Crippen LogP contribution in [-0.2, 0) is 17.6 Å². The molecule has 0 radical (unpaired) electrons. The molecule has 1 aromatic rings. The van der Waals surface area contributed by atoms with Crippen LogP contribution in [0.1, 0.15) is 34.5 Å². The van der Waals surface area contributed by atoms with Crippen molar-refractivity contribution in [2.45, 2.75) is 31.7 Å². The molecule has 3 rings (SSSR count). The van der Waals surface area contributed by atoms with Crippen molar-refractivity contribution < 1.29 is 14.7 Å². The van der Waals surface area contributed by atoms with Crippen molar-refractivity contribution in [1.29, 1.82) is 0 Å². The molecule has 124 valence electrons. The second-order valence-corrected chi connectivity index (χ2v) is 6.31. The van der Waals surface area contributed by atoms with E-state index in [1.165, 1.54) is 4.90 Å². The molecule has 1 fully saturated rings. The Labute approximate surface area is 133 Å². The van der Waals surface area contributed by atoms with Gasteiger partial charge in [0.05, 0.1) is 0 Å². The highest BCUT2D eigenvalue weighted by atomic mass is 16.4. The van der Waals surface area contributed by atoms with E-state index >= 15 is 0 Å². The number of nitrogens with one attached hydrogen (secondary N) is 1. The number of amides is 1. The molecule has 1 atom stereocenters. The Morgan fingerprint density at radius 2 is 2.00 bits per heavy atom. The topological polar surface area (TPSA) is 93.7 Å². The Balaban J connectivity index is 1.86. The number of carbonyl (C=O) groups is 2. The second-order valence-electron chi connectivity index (χ2n) is 6.31. The smallest absolute Gasteiger partial charge is 0.322 e. The molecule has 0 saturated carbocycles. The van der Waals surface area contributed by atoms with Crippen LogP contribution in [0.15, 0.2) is 10.9 Å². The third-order valence-corrected chi connectivity index (χ3v) is 4.79. The van der Waals surface area contributed by atoms with Gasteiger partial charge in [-0.15, -0.1) is 0 Å². The standard InChI is InChI=1S/C16H21N3O4/c1-18-6-7-19(9-13(18)16(22)23)15(21)11-8-10-4-2-3-5-12(10)17-14(11)20/h8,13H,2-7,9H2,1H3,(H,17,20)(H,22,23)/t13-/m0/s1. The largest absolute Gasteiger partial charge is 0.480 e. The predicted molar refractivity (Wildman–Crippen MR) is 83.7 cm³/mol. The average molecular weight is 319 g/mol. The molecule has 7 nitrogen and oxygen atoms in total. The van der Waals surface area contributed by atoms with Gasteiger partial charge in [0.25, 0.3) is 11.5 Å². The fraction of sp³-hybridized carbons (Fsp3) is 0.562. The molecule has 0 aromatic carbocycles. The zero-order chi connectivity index (χ0) is 16.6. The van der Waals surface area contributed by atoms with Crippen LogP contribution >= 0.6 is 0 Å². The van der Waals surface area contributed by atoms with Crippen molar-refractivity contribution in [3.05, 3.63) is 33.2 Å². The van der Waals surface area contributed by atoms with Gasteiger partial charge in [-0.3, -0.25) is 19.3 Å². The molecule has 1 aliphatic heterocycles. The summed E-state index contributed by atoms with van der Waals surface area (Å²) in [6.45, 7) is 1.00. The number of H-pyrrole nitrogens is 1. The number of nitrogens with zero attached hydrogens (tertiary/aromatic N) is 2. The van der Waals surface area contributed by atoms with Gasteiger partial charge in [-0.2, -0.15) is 0 Å². The lowest BCUT2D eigenvalue weighted by Crippen LogP contribution is -2.56. The number of aromatic nitrogens is 1. The summed E-state index contributed by atoms with van der Waals surface area (Å²) < 4.78 is 0. The van der Waals surface area contributed by atoms with Gasteiger partial charge in [0, 0.05) is 25.3 Å². The molecule has 2 N–H and O–H groups in total. The van der Waals surface area contributed by atoms with Crippen molar-refractivity contribution in [2.24, 2.45) is 0 Å². The lowest BCUT2D eigenvalue weighted by Gasteiger charge is -2.37. The minimum absolute atomic E-state index is 0.0984. The molecule has 1 aliphatic carbocycles. The highest BCUT2D eigenvalue weighted by molar-refractivity contribution is 5.94. The number of carbonyl (C=O) groups excluding carboxylic acids is 1. The summed E-state index contributed by atoms with van der Waals surface area (Å²) in [7, 11) is 1.73. The maximum absolute atomic E-state index is 12.7. The quantitative estimate of drug-likeness (QED) is 0.806. The minimum Gasteiger partial charge on any atom is -0.480 e. The monoisotopic (exact) mass is 319 g/mol. The Morgan fingerprint density at radius 3 is 2.74 bits per heavy atom. The van der Waals surface area contributed by atoms with Gasteiger partial charge in [0.1, 0.15) is 11.6 Å². The summed E-state index contributed by atoms with van der Waals surface area (Å²) in [5.74, 6) is -1.33. The Kier molecular flexibility index (Phi) is 4.21. The van der Waals surface area contributed by atoms with Crippen molar-refractivity contribution in [3.8, 4) is 0 Å². The number of carboxylic acids is 1. The molecule has 0 bridgehead atoms. The van der Waals surface area contributed by atoms with E-state index in [1.807, 2.05) is 0 Å². The van der Waals surface area contributed by atoms with E-state index in [-0.39, 0.29) is 23.6 Å². The first-order valence-corrected chi connectivity index (χ1v) is 7.95. The van der Waals surface area contributed by atoms with Crippen molar-refractivity contribution >= 4 is 11.9 Å². The van der Waals surface area contributed by atoms with E-state index in [0.29, 0.717) is 13.1 Å². The van der Waals surface area contributed by atoms with E-state index in [2.05, 4.69) is 4.98 Å². The van der Waals surface area contributed by atoms with Gasteiger partial charge >= 0.3 is 5.97 Å². The van der Waals surface area contributed by atoms with Gasteiger partial charge in [-0.25, -0.2) is 0 Å². The maximum Gasteiger partial charge on any atom is 0.322 e. The molecule has 0 spiro atoms. The third-order valence-electron chi connectivity index (χ3n) is 4.79. The van der Waals surface area contributed by atoms with E-state index in [0.717, 1.165) is 36.9 Å². The molecular formula is C16H21N3O4. The number of likely N-dealkylation sites (N-methyl/N-ethyl adjacent to an activating group) is 1. The van der Waals surface area contributed by atoms with Crippen LogP contribution in [0.3, 0.4) is 0 Å². The van der Waals surface area contributed by atoms with E-state index < -0.39 is 12.0 Å². The summed E-state index contributed by atoms with van der Waals surface area (Å²) in [5.41, 5.74) is 1.71. The number of rotatable bonds is 2. The Hall–Kier alpha value is -2.15. The maximum atomic E-state index is 12.7. The molecular weight excluding hydrogens is 298 g/mol. The fourth-order valence-corrected chi connectivity index (χ4v) is 3.33. The number of fused-ring (bicyclic) bond motifs is 1. The Bertz CT molecular complexity index is 697. The summed E-state index contributed by atoms with van der Waals surface area (Å²) in [6, 6.07) is 0.966. The van der Waals surface area contributed by atoms with Crippen LogP contribution in [0.2, 0.25) is 0 Å². The first-order chi connectivity index (χ1) is 11.0. The molecule has 0 unspecified atom stereocenters. The SMILES string of the molecule is CN1CCN(C(=O)c2cc3c([nH]c2=O)CCCC3)C[C@H]1C(=O)O. The normalized spacial score (nSPS) is 21.8. The van der Waals surface area contributed by atoms with Crippen LogP contribution in [0.25, 0.3) is 0 Å². The van der Waals surface area contributed by atoms with E-state index in [4.69, 9.17) is 0 Å².